The SMILES string of the molecule is CCP(CC)CC.[Ru]. The van der Waals surface area contributed by atoms with E-state index in [1.165, 1.54) is 18.5 Å². The van der Waals surface area contributed by atoms with Gasteiger partial charge in [0.1, 0.15) is 0 Å². The summed E-state index contributed by atoms with van der Waals surface area (Å²) in [5.41, 5.74) is 0. The maximum atomic E-state index is 2.29. The van der Waals surface area contributed by atoms with E-state index in [-0.39, 0.29) is 19.5 Å². The number of rotatable bonds is 3. The second kappa shape index (κ2) is 8.05. The molecule has 0 heterocycles. The molecule has 0 bridgehead atoms. The molecule has 0 aliphatic heterocycles. The molecule has 52 valence electrons. The largest absolute Gasteiger partial charge is 0.108 e. The minimum absolute atomic E-state index is 0. The standard InChI is InChI=1S/C6H15P.Ru/c1-4-7(5-2)6-3;/h4-6H2,1-3H3;. The summed E-state index contributed by atoms with van der Waals surface area (Å²) in [7, 11) is 0.446. The Morgan fingerprint density at radius 3 is 1.12 bits per heavy atom. The van der Waals surface area contributed by atoms with Crippen molar-refractivity contribution >= 4 is 7.92 Å². The molecule has 0 aliphatic rings. The van der Waals surface area contributed by atoms with Gasteiger partial charge in [0.25, 0.3) is 0 Å². The third-order valence-electron chi connectivity index (χ3n) is 1.34. The summed E-state index contributed by atoms with van der Waals surface area (Å²) in [6, 6.07) is 0. The van der Waals surface area contributed by atoms with E-state index < -0.39 is 0 Å². The molecule has 0 amide bonds. The van der Waals surface area contributed by atoms with Crippen molar-refractivity contribution in [1.29, 1.82) is 0 Å². The van der Waals surface area contributed by atoms with Crippen LogP contribution in [-0.4, -0.2) is 18.5 Å². The van der Waals surface area contributed by atoms with Gasteiger partial charge < -0.3 is 0 Å². The fourth-order valence-electron chi connectivity index (χ4n) is 0.671. The summed E-state index contributed by atoms with van der Waals surface area (Å²) >= 11 is 0. The van der Waals surface area contributed by atoms with Crippen LogP contribution in [0.2, 0.25) is 0 Å². The molecule has 0 saturated carbocycles. The van der Waals surface area contributed by atoms with Crippen LogP contribution in [0.3, 0.4) is 0 Å². The summed E-state index contributed by atoms with van der Waals surface area (Å²) in [4.78, 5) is 0. The Morgan fingerprint density at radius 1 is 0.875 bits per heavy atom. The van der Waals surface area contributed by atoms with Crippen LogP contribution in [0.1, 0.15) is 20.8 Å². The minimum Gasteiger partial charge on any atom is -0.108 e. The van der Waals surface area contributed by atoms with E-state index in [0.29, 0.717) is 7.92 Å². The topological polar surface area (TPSA) is 0 Å². The van der Waals surface area contributed by atoms with E-state index in [9.17, 15) is 0 Å². The van der Waals surface area contributed by atoms with Crippen LogP contribution in [0.25, 0.3) is 0 Å². The van der Waals surface area contributed by atoms with E-state index in [1.807, 2.05) is 0 Å². The van der Waals surface area contributed by atoms with E-state index >= 15 is 0 Å². The molecule has 0 aliphatic carbocycles. The normalized spacial score (nSPS) is 9.00. The molecule has 8 heavy (non-hydrogen) atoms. The predicted octanol–water partition coefficient (Wildman–Crippen LogP) is 2.53. The van der Waals surface area contributed by atoms with Crippen molar-refractivity contribution in [1.82, 2.24) is 0 Å². The Balaban J connectivity index is 0. The van der Waals surface area contributed by atoms with Crippen LogP contribution >= 0.6 is 7.92 Å². The zero-order valence-electron chi connectivity index (χ0n) is 5.92. The smallest absolute Gasteiger partial charge is 0 e. The molecule has 0 aromatic rings. The molecule has 0 fully saturated rings. The van der Waals surface area contributed by atoms with E-state index in [4.69, 9.17) is 0 Å². The van der Waals surface area contributed by atoms with Crippen molar-refractivity contribution in [2.75, 3.05) is 18.5 Å². The Hall–Kier alpha value is 1.05. The average molecular weight is 219 g/mol. The quantitative estimate of drug-likeness (QED) is 0.505. The van der Waals surface area contributed by atoms with Crippen molar-refractivity contribution in [3.63, 3.8) is 0 Å². The minimum atomic E-state index is 0. The second-order valence-electron chi connectivity index (χ2n) is 1.62. The van der Waals surface area contributed by atoms with Crippen LogP contribution in [0.4, 0.5) is 0 Å². The number of hydrogen-bond donors (Lipinski definition) is 0. The fraction of sp³-hybridized carbons (Fsp3) is 1.00. The molecule has 2 heteroatoms. The molecule has 0 saturated heterocycles. The van der Waals surface area contributed by atoms with Crippen LogP contribution in [-0.2, 0) is 19.5 Å². The van der Waals surface area contributed by atoms with Gasteiger partial charge in [0, 0.05) is 19.5 Å². The third kappa shape index (κ3) is 5.20. The van der Waals surface area contributed by atoms with Gasteiger partial charge in [-0.2, -0.15) is 0 Å². The van der Waals surface area contributed by atoms with Gasteiger partial charge in [0.15, 0.2) is 0 Å². The van der Waals surface area contributed by atoms with E-state index in [0.717, 1.165) is 0 Å². The number of hydrogen-bond acceptors (Lipinski definition) is 0. The van der Waals surface area contributed by atoms with Crippen LogP contribution in [0.15, 0.2) is 0 Å². The summed E-state index contributed by atoms with van der Waals surface area (Å²) < 4.78 is 0. The molecular formula is C6H15PRu. The maximum absolute atomic E-state index is 2.29. The molecular weight excluding hydrogens is 204 g/mol. The molecule has 0 spiro atoms. The molecule has 0 aromatic carbocycles. The van der Waals surface area contributed by atoms with Gasteiger partial charge in [-0.3, -0.25) is 0 Å². The molecule has 0 rings (SSSR count). The monoisotopic (exact) mass is 220 g/mol. The van der Waals surface area contributed by atoms with E-state index in [2.05, 4.69) is 20.8 Å². The van der Waals surface area contributed by atoms with E-state index in [1.54, 1.807) is 0 Å². The van der Waals surface area contributed by atoms with Gasteiger partial charge >= 0.3 is 0 Å². The van der Waals surface area contributed by atoms with Crippen LogP contribution in [0, 0.1) is 0 Å². The van der Waals surface area contributed by atoms with Gasteiger partial charge in [-0.05, 0) is 18.5 Å². The Labute approximate surface area is 66.9 Å². The summed E-state index contributed by atoms with van der Waals surface area (Å²) in [6.45, 7) is 6.87. The fourth-order valence-corrected chi connectivity index (χ4v) is 2.01. The second-order valence-corrected chi connectivity index (χ2v) is 4.86. The Bertz CT molecular complexity index is 30.0. The maximum Gasteiger partial charge on any atom is 0 e. The first-order valence-corrected chi connectivity index (χ1v) is 4.97. The van der Waals surface area contributed by atoms with Gasteiger partial charge in [-0.1, -0.05) is 20.8 Å². The van der Waals surface area contributed by atoms with Gasteiger partial charge in [-0.15, -0.1) is 7.92 Å². The average Bonchev–Trinajstić information content (AvgIpc) is 1.72. The van der Waals surface area contributed by atoms with Gasteiger partial charge in [-0.25, -0.2) is 0 Å². The third-order valence-corrected chi connectivity index (χ3v) is 4.02. The molecule has 0 aromatic heterocycles. The first-order chi connectivity index (χ1) is 3.35. The van der Waals surface area contributed by atoms with Crippen molar-refractivity contribution < 1.29 is 19.5 Å². The van der Waals surface area contributed by atoms with Crippen molar-refractivity contribution in [2.24, 2.45) is 0 Å². The van der Waals surface area contributed by atoms with Gasteiger partial charge in [0.2, 0.25) is 0 Å². The van der Waals surface area contributed by atoms with Crippen LogP contribution < -0.4 is 0 Å². The summed E-state index contributed by atoms with van der Waals surface area (Å²) in [5, 5.41) is 0. The Morgan fingerprint density at radius 2 is 1.12 bits per heavy atom. The predicted molar refractivity (Wildman–Crippen MR) is 38.5 cm³/mol. The zero-order chi connectivity index (χ0) is 5.70. The summed E-state index contributed by atoms with van der Waals surface area (Å²) in [5.74, 6) is 0. The molecule has 0 N–H and O–H groups in total. The Kier molecular flexibility index (Phi) is 11.9. The molecule has 0 unspecified atom stereocenters. The van der Waals surface area contributed by atoms with Crippen molar-refractivity contribution in [2.45, 2.75) is 20.8 Å². The molecule has 0 radical (unpaired) electrons. The zero-order valence-corrected chi connectivity index (χ0v) is 8.55. The van der Waals surface area contributed by atoms with Crippen molar-refractivity contribution in [3.8, 4) is 0 Å². The van der Waals surface area contributed by atoms with Crippen LogP contribution in [0.5, 0.6) is 0 Å². The molecule has 0 atom stereocenters. The molecule has 0 nitrogen and oxygen atoms in total. The van der Waals surface area contributed by atoms with Gasteiger partial charge in [0.05, 0.1) is 0 Å². The summed E-state index contributed by atoms with van der Waals surface area (Å²) in [6.07, 6.45) is 4.26. The first kappa shape index (κ1) is 11.8. The van der Waals surface area contributed by atoms with Crippen molar-refractivity contribution in [3.05, 3.63) is 0 Å². The first-order valence-electron chi connectivity index (χ1n) is 3.07.